The Labute approximate surface area is 333 Å². The molecule has 0 bridgehead atoms. The van der Waals surface area contributed by atoms with Crippen LogP contribution in [0.1, 0.15) is 47.6 Å². The van der Waals surface area contributed by atoms with Gasteiger partial charge in [-0.15, -0.1) is 47.4 Å². The van der Waals surface area contributed by atoms with E-state index in [1.807, 2.05) is 30.5 Å². The molecule has 4 heterocycles. The third kappa shape index (κ3) is 5.85. The first-order chi connectivity index (χ1) is 25.8. The molecule has 7 aromatic rings. The summed E-state index contributed by atoms with van der Waals surface area (Å²) in [5.74, 6) is 1.53. The number of aromatic nitrogens is 2. The van der Waals surface area contributed by atoms with Crippen molar-refractivity contribution in [3.05, 3.63) is 162 Å². The van der Waals surface area contributed by atoms with Crippen molar-refractivity contribution in [1.29, 1.82) is 0 Å². The standard InChI is InChI=1S/C47H39BN4O.Pt/c1-29(2)34-23-25-49-39(27-34)35-19-21-40-37(26-35)48-38-28-36(53-44-18-7-8-24-50-44)20-22-41(38)52(47-32(5)14-10-15-33(47)6)43-17-11-16-42(45(43)48)51(40)46-30(3)12-9-13-31(46)4;/h7-25,27,29H,1-6H3;/q-2;+2. The number of benzene rings is 5. The van der Waals surface area contributed by atoms with Crippen molar-refractivity contribution >= 4 is 57.2 Å². The van der Waals surface area contributed by atoms with Crippen LogP contribution in [-0.2, 0) is 21.1 Å². The zero-order valence-corrected chi connectivity index (χ0v) is 33.5. The van der Waals surface area contributed by atoms with Crippen molar-refractivity contribution in [2.24, 2.45) is 0 Å². The smallest absolute Gasteiger partial charge is 0.466 e. The number of pyridine rings is 2. The van der Waals surface area contributed by atoms with Gasteiger partial charge in [0.05, 0.1) is 0 Å². The summed E-state index contributed by atoms with van der Waals surface area (Å²) < 4.78 is 6.38. The number of hydrogen-bond acceptors (Lipinski definition) is 5. The van der Waals surface area contributed by atoms with Gasteiger partial charge in [0, 0.05) is 47.0 Å². The summed E-state index contributed by atoms with van der Waals surface area (Å²) in [6, 6.07) is 46.2. The van der Waals surface area contributed by atoms with Gasteiger partial charge in [-0.1, -0.05) is 79.7 Å². The van der Waals surface area contributed by atoms with E-state index in [-0.39, 0.29) is 27.8 Å². The van der Waals surface area contributed by atoms with Crippen molar-refractivity contribution in [1.82, 2.24) is 9.97 Å². The average Bonchev–Trinajstić information content (AvgIpc) is 3.16. The molecule has 0 saturated carbocycles. The Kier molecular flexibility index (Phi) is 9.28. The zero-order chi connectivity index (χ0) is 36.4. The first-order valence-electron chi connectivity index (χ1n) is 18.3. The molecule has 7 heteroatoms. The van der Waals surface area contributed by atoms with Crippen LogP contribution in [0, 0.1) is 39.8 Å². The topological polar surface area (TPSA) is 41.5 Å². The molecule has 0 unspecified atom stereocenters. The quantitative estimate of drug-likeness (QED) is 0.123. The fourth-order valence-corrected chi connectivity index (χ4v) is 8.22. The van der Waals surface area contributed by atoms with E-state index in [4.69, 9.17) is 9.72 Å². The number of ether oxygens (including phenoxy) is 1. The SMILES string of the molecule is Cc1cccc(C)c1N1c2ccc(Oc3ccccn3)[c-]c2B2c3[c-]c(-c4cc(C(C)C)ccn4)ccc3N(c3c(C)cccc3C)c3cccc1c32.[Pt+2]. The van der Waals surface area contributed by atoms with Gasteiger partial charge < -0.3 is 19.5 Å². The first-order valence-corrected chi connectivity index (χ1v) is 18.3. The normalized spacial score (nSPS) is 12.5. The maximum absolute atomic E-state index is 6.38. The van der Waals surface area contributed by atoms with Crippen molar-refractivity contribution in [2.75, 3.05) is 9.80 Å². The maximum atomic E-state index is 6.38. The second-order valence-corrected chi connectivity index (χ2v) is 14.5. The maximum Gasteiger partial charge on any atom is 2.00 e. The number of fused-ring (bicyclic) bond motifs is 4. The van der Waals surface area contributed by atoms with Gasteiger partial charge in [0.15, 0.2) is 0 Å². The monoisotopic (exact) mass is 881 g/mol. The van der Waals surface area contributed by atoms with E-state index in [2.05, 4.69) is 153 Å². The fraction of sp³-hybridized carbons (Fsp3) is 0.149. The largest absolute Gasteiger partial charge is 2.00 e. The van der Waals surface area contributed by atoms with E-state index in [9.17, 15) is 0 Å². The number of para-hydroxylation sites is 2. The zero-order valence-electron chi connectivity index (χ0n) is 31.2. The molecule has 2 aromatic heterocycles. The molecule has 5 aromatic carbocycles. The number of aryl methyl sites for hydroxylation is 4. The molecule has 54 heavy (non-hydrogen) atoms. The number of hydrogen-bond donors (Lipinski definition) is 0. The summed E-state index contributed by atoms with van der Waals surface area (Å²) in [5.41, 5.74) is 18.1. The Balaban J connectivity index is 0.00000413. The summed E-state index contributed by atoms with van der Waals surface area (Å²) >= 11 is 0. The molecule has 9 rings (SSSR count). The molecule has 0 amide bonds. The minimum atomic E-state index is -0.187. The Morgan fingerprint density at radius 3 is 1.78 bits per heavy atom. The Morgan fingerprint density at radius 1 is 0.593 bits per heavy atom. The molecule has 0 fully saturated rings. The van der Waals surface area contributed by atoms with Crippen LogP contribution in [0.2, 0.25) is 0 Å². The van der Waals surface area contributed by atoms with Crippen LogP contribution in [0.25, 0.3) is 11.3 Å². The van der Waals surface area contributed by atoms with E-state index in [1.54, 1.807) is 6.20 Å². The second kappa shape index (κ2) is 14.1. The van der Waals surface area contributed by atoms with E-state index in [0.29, 0.717) is 17.5 Å². The summed E-state index contributed by atoms with van der Waals surface area (Å²) in [6.07, 6.45) is 3.67. The minimum Gasteiger partial charge on any atom is -0.466 e. The van der Waals surface area contributed by atoms with Crippen LogP contribution in [0.5, 0.6) is 11.6 Å². The number of rotatable bonds is 6. The van der Waals surface area contributed by atoms with Gasteiger partial charge in [-0.2, -0.15) is 5.46 Å². The van der Waals surface area contributed by atoms with Gasteiger partial charge in [0.25, 0.3) is 0 Å². The molecule has 2 aliphatic rings. The van der Waals surface area contributed by atoms with Gasteiger partial charge in [-0.25, -0.2) is 4.98 Å². The number of nitrogens with zero attached hydrogens (tertiary/aromatic N) is 4. The molecule has 0 N–H and O–H groups in total. The summed E-state index contributed by atoms with van der Waals surface area (Å²) in [4.78, 5) is 14.2. The second-order valence-electron chi connectivity index (χ2n) is 14.5. The molecular weight excluding hydrogens is 842 g/mol. The van der Waals surface area contributed by atoms with Crippen LogP contribution < -0.4 is 30.9 Å². The molecule has 0 radical (unpaired) electrons. The van der Waals surface area contributed by atoms with Crippen LogP contribution >= 0.6 is 0 Å². The molecule has 0 atom stereocenters. The van der Waals surface area contributed by atoms with Gasteiger partial charge in [0.2, 0.25) is 12.6 Å². The Hall–Kier alpha value is -5.45. The molecule has 5 nitrogen and oxygen atoms in total. The molecule has 266 valence electrons. The van der Waals surface area contributed by atoms with Crippen molar-refractivity contribution in [2.45, 2.75) is 47.5 Å². The molecular formula is C47H39BN4OPt. The molecule has 0 saturated heterocycles. The summed E-state index contributed by atoms with van der Waals surface area (Å²) in [6.45, 7) is 13.1. The summed E-state index contributed by atoms with van der Waals surface area (Å²) in [7, 11) is 0. The molecule has 0 aliphatic carbocycles. The summed E-state index contributed by atoms with van der Waals surface area (Å²) in [5, 5.41) is 0. The Morgan fingerprint density at radius 2 is 1.19 bits per heavy atom. The van der Waals surface area contributed by atoms with Crippen molar-refractivity contribution in [3.63, 3.8) is 0 Å². The number of anilines is 6. The third-order valence-electron chi connectivity index (χ3n) is 10.7. The van der Waals surface area contributed by atoms with Crippen LogP contribution in [0.4, 0.5) is 34.1 Å². The minimum absolute atomic E-state index is 0. The van der Waals surface area contributed by atoms with Crippen molar-refractivity contribution in [3.8, 4) is 22.9 Å². The average molecular weight is 882 g/mol. The molecule has 0 spiro atoms. The van der Waals surface area contributed by atoms with E-state index in [0.717, 1.165) is 44.9 Å². The van der Waals surface area contributed by atoms with Gasteiger partial charge in [-0.05, 0) is 97.0 Å². The van der Waals surface area contributed by atoms with Crippen LogP contribution in [-0.4, -0.2) is 16.7 Å². The fourth-order valence-electron chi connectivity index (χ4n) is 8.22. The molecule has 2 aliphatic heterocycles. The van der Waals surface area contributed by atoms with Gasteiger partial charge >= 0.3 is 21.1 Å². The third-order valence-corrected chi connectivity index (χ3v) is 10.7. The van der Waals surface area contributed by atoms with Gasteiger partial charge in [0.1, 0.15) is 0 Å². The Bertz CT molecular complexity index is 2500. The first kappa shape index (κ1) is 35.6. The van der Waals surface area contributed by atoms with E-state index in [1.165, 1.54) is 44.7 Å². The predicted molar refractivity (Wildman–Crippen MR) is 219 cm³/mol. The van der Waals surface area contributed by atoms with E-state index >= 15 is 0 Å². The van der Waals surface area contributed by atoms with E-state index < -0.39 is 0 Å². The van der Waals surface area contributed by atoms with Crippen LogP contribution in [0.3, 0.4) is 0 Å². The predicted octanol–water partition coefficient (Wildman–Crippen LogP) is 9.97. The van der Waals surface area contributed by atoms with Crippen LogP contribution in [0.15, 0.2) is 122 Å². The van der Waals surface area contributed by atoms with Gasteiger partial charge in [-0.3, -0.25) is 0 Å². The van der Waals surface area contributed by atoms with Crippen molar-refractivity contribution < 1.29 is 25.8 Å².